The van der Waals surface area contributed by atoms with Gasteiger partial charge in [-0.05, 0) is 74.4 Å². The third-order valence-corrected chi connectivity index (χ3v) is 5.86. The van der Waals surface area contributed by atoms with Crippen molar-refractivity contribution in [3.05, 3.63) is 63.5 Å². The van der Waals surface area contributed by atoms with Gasteiger partial charge in [0.1, 0.15) is 11.3 Å². The molecular formula is C27H30O6. The number of aryl methyl sites for hydroxylation is 2. The van der Waals surface area contributed by atoms with Crippen LogP contribution in [0.2, 0.25) is 0 Å². The van der Waals surface area contributed by atoms with Gasteiger partial charge in [0.05, 0.1) is 13.2 Å². The molecule has 1 aromatic heterocycles. The molecule has 0 atom stereocenters. The molecule has 33 heavy (non-hydrogen) atoms. The minimum atomic E-state index is -0.348. The molecule has 1 heterocycles. The fourth-order valence-electron chi connectivity index (χ4n) is 4.18. The van der Waals surface area contributed by atoms with Crippen molar-refractivity contribution >= 4 is 16.9 Å². The second-order valence-corrected chi connectivity index (χ2v) is 8.25. The van der Waals surface area contributed by atoms with Crippen molar-refractivity contribution < 1.29 is 23.4 Å². The Morgan fingerprint density at radius 3 is 2.67 bits per heavy atom. The molecule has 0 saturated carbocycles. The number of hydrogen-bond acceptors (Lipinski definition) is 6. The van der Waals surface area contributed by atoms with E-state index in [1.807, 2.05) is 31.2 Å². The SMILES string of the molecule is CCCCOc1ccc(CCC(=O)Oc2ccc3c4c(c(=O)oc3c2)CCC4)cc1OCC. The minimum Gasteiger partial charge on any atom is -0.490 e. The highest BCUT2D eigenvalue weighted by molar-refractivity contribution is 5.84. The van der Waals surface area contributed by atoms with Crippen LogP contribution in [0.1, 0.15) is 56.2 Å². The number of rotatable bonds is 10. The molecule has 174 valence electrons. The standard InChI is InChI=1S/C27H30O6/c1-3-5-15-31-23-13-9-18(16-25(23)30-4-2)10-14-26(28)32-19-11-12-21-20-7-6-8-22(20)27(29)33-24(21)17-19/h9,11-13,16-17H,3-8,10,14-15H2,1-2H3. The molecule has 0 saturated heterocycles. The summed E-state index contributed by atoms with van der Waals surface area (Å²) in [4.78, 5) is 24.7. The molecule has 1 aliphatic rings. The van der Waals surface area contributed by atoms with Gasteiger partial charge in [-0.2, -0.15) is 0 Å². The highest BCUT2D eigenvalue weighted by Crippen LogP contribution is 2.31. The van der Waals surface area contributed by atoms with E-state index in [4.69, 9.17) is 18.6 Å². The third-order valence-electron chi connectivity index (χ3n) is 5.86. The third kappa shape index (κ3) is 5.38. The number of carbonyl (C=O) groups excluding carboxylic acids is 1. The number of hydrogen-bond donors (Lipinski definition) is 0. The highest BCUT2D eigenvalue weighted by atomic mass is 16.5. The van der Waals surface area contributed by atoms with Crippen molar-refractivity contribution in [2.45, 2.75) is 58.8 Å². The number of esters is 1. The Kier molecular flexibility index (Phi) is 7.33. The van der Waals surface area contributed by atoms with Crippen molar-refractivity contribution in [1.82, 2.24) is 0 Å². The van der Waals surface area contributed by atoms with Gasteiger partial charge in [0.2, 0.25) is 0 Å². The van der Waals surface area contributed by atoms with Gasteiger partial charge in [-0.1, -0.05) is 19.4 Å². The molecule has 0 spiro atoms. The number of unbranched alkanes of at least 4 members (excludes halogenated alkanes) is 1. The monoisotopic (exact) mass is 450 g/mol. The van der Waals surface area contributed by atoms with E-state index in [9.17, 15) is 9.59 Å². The fourth-order valence-corrected chi connectivity index (χ4v) is 4.18. The topological polar surface area (TPSA) is 75.0 Å². The summed E-state index contributed by atoms with van der Waals surface area (Å²) in [5, 5.41) is 0.923. The van der Waals surface area contributed by atoms with Crippen LogP contribution in [0.4, 0.5) is 0 Å². The Morgan fingerprint density at radius 1 is 1.00 bits per heavy atom. The predicted octanol–water partition coefficient (Wildman–Crippen LogP) is 5.40. The number of ether oxygens (including phenoxy) is 3. The lowest BCUT2D eigenvalue weighted by Gasteiger charge is -2.13. The van der Waals surface area contributed by atoms with Crippen molar-refractivity contribution in [2.75, 3.05) is 13.2 Å². The second kappa shape index (κ2) is 10.6. The van der Waals surface area contributed by atoms with Gasteiger partial charge in [-0.15, -0.1) is 0 Å². The second-order valence-electron chi connectivity index (χ2n) is 8.25. The smallest absolute Gasteiger partial charge is 0.339 e. The molecule has 3 aromatic rings. The van der Waals surface area contributed by atoms with Crippen LogP contribution in [0.5, 0.6) is 17.2 Å². The predicted molar refractivity (Wildman–Crippen MR) is 126 cm³/mol. The van der Waals surface area contributed by atoms with Gasteiger partial charge in [0.25, 0.3) is 0 Å². The molecule has 1 aliphatic carbocycles. The molecule has 0 aliphatic heterocycles. The molecule has 0 bridgehead atoms. The fraction of sp³-hybridized carbons (Fsp3) is 0.407. The van der Waals surface area contributed by atoms with Gasteiger partial charge in [-0.3, -0.25) is 4.79 Å². The maximum absolute atomic E-state index is 12.5. The first-order chi connectivity index (χ1) is 16.1. The maximum Gasteiger partial charge on any atom is 0.339 e. The van der Waals surface area contributed by atoms with Crippen molar-refractivity contribution in [3.8, 4) is 17.2 Å². The normalized spacial score (nSPS) is 12.5. The molecule has 0 amide bonds. The van der Waals surface area contributed by atoms with E-state index in [-0.39, 0.29) is 18.0 Å². The first-order valence-electron chi connectivity index (χ1n) is 11.8. The molecule has 0 radical (unpaired) electrons. The average molecular weight is 451 g/mol. The summed E-state index contributed by atoms with van der Waals surface area (Å²) in [5.74, 6) is 1.44. The van der Waals surface area contributed by atoms with Gasteiger partial charge < -0.3 is 18.6 Å². The molecular weight excluding hydrogens is 420 g/mol. The Hall–Kier alpha value is -3.28. The summed E-state index contributed by atoms with van der Waals surface area (Å²) in [7, 11) is 0. The quantitative estimate of drug-likeness (QED) is 0.178. The lowest BCUT2D eigenvalue weighted by Crippen LogP contribution is -2.10. The molecule has 4 rings (SSSR count). The maximum atomic E-state index is 12.5. The van der Waals surface area contributed by atoms with Crippen LogP contribution in [-0.2, 0) is 24.1 Å². The first-order valence-corrected chi connectivity index (χ1v) is 11.8. The van der Waals surface area contributed by atoms with E-state index in [0.717, 1.165) is 59.9 Å². The molecule has 0 unspecified atom stereocenters. The van der Waals surface area contributed by atoms with E-state index in [1.54, 1.807) is 12.1 Å². The number of carbonyl (C=O) groups is 1. The zero-order valence-electron chi connectivity index (χ0n) is 19.3. The van der Waals surface area contributed by atoms with Crippen LogP contribution in [0.3, 0.4) is 0 Å². The Labute approximate surface area is 193 Å². The summed E-state index contributed by atoms with van der Waals surface area (Å²) in [6.45, 7) is 5.24. The molecule has 6 heteroatoms. The van der Waals surface area contributed by atoms with E-state index in [1.165, 1.54) is 0 Å². The molecule has 0 N–H and O–H groups in total. The summed E-state index contributed by atoms with van der Waals surface area (Å²) in [5.41, 5.74) is 2.99. The van der Waals surface area contributed by atoms with E-state index in [0.29, 0.717) is 36.7 Å². The zero-order valence-corrected chi connectivity index (χ0v) is 19.3. The van der Waals surface area contributed by atoms with Crippen molar-refractivity contribution in [3.63, 3.8) is 0 Å². The van der Waals surface area contributed by atoms with Crippen LogP contribution in [0.15, 0.2) is 45.6 Å². The van der Waals surface area contributed by atoms with E-state index in [2.05, 4.69) is 6.92 Å². The van der Waals surface area contributed by atoms with E-state index >= 15 is 0 Å². The van der Waals surface area contributed by atoms with Gasteiger partial charge in [0.15, 0.2) is 11.5 Å². The Balaban J connectivity index is 1.40. The molecule has 2 aromatic carbocycles. The van der Waals surface area contributed by atoms with Gasteiger partial charge in [-0.25, -0.2) is 4.79 Å². The zero-order chi connectivity index (χ0) is 23.2. The van der Waals surface area contributed by atoms with E-state index < -0.39 is 0 Å². The lowest BCUT2D eigenvalue weighted by atomic mass is 10.1. The van der Waals surface area contributed by atoms with Crippen LogP contribution in [0.25, 0.3) is 11.0 Å². The van der Waals surface area contributed by atoms with Gasteiger partial charge in [0, 0.05) is 23.4 Å². The summed E-state index contributed by atoms with van der Waals surface area (Å²) < 4.78 is 22.5. The Morgan fingerprint density at radius 2 is 1.85 bits per heavy atom. The van der Waals surface area contributed by atoms with Crippen LogP contribution >= 0.6 is 0 Å². The summed E-state index contributed by atoms with van der Waals surface area (Å²) >= 11 is 0. The highest BCUT2D eigenvalue weighted by Gasteiger charge is 2.20. The first kappa shape index (κ1) is 22.9. The Bertz CT molecular complexity index is 1190. The van der Waals surface area contributed by atoms with Crippen molar-refractivity contribution in [2.24, 2.45) is 0 Å². The molecule has 0 fully saturated rings. The summed E-state index contributed by atoms with van der Waals surface area (Å²) in [6.07, 6.45) is 5.39. The number of fused-ring (bicyclic) bond motifs is 3. The molecule has 6 nitrogen and oxygen atoms in total. The van der Waals surface area contributed by atoms with Gasteiger partial charge >= 0.3 is 11.6 Å². The van der Waals surface area contributed by atoms with Crippen LogP contribution in [-0.4, -0.2) is 19.2 Å². The minimum absolute atomic E-state index is 0.216. The van der Waals surface area contributed by atoms with Crippen LogP contribution in [0, 0.1) is 0 Å². The largest absolute Gasteiger partial charge is 0.490 e. The lowest BCUT2D eigenvalue weighted by molar-refractivity contribution is -0.134. The van der Waals surface area contributed by atoms with Crippen molar-refractivity contribution in [1.29, 1.82) is 0 Å². The number of benzene rings is 2. The van der Waals surface area contributed by atoms with Crippen LogP contribution < -0.4 is 19.8 Å². The summed E-state index contributed by atoms with van der Waals surface area (Å²) in [6, 6.07) is 11.0. The average Bonchev–Trinajstić information content (AvgIpc) is 3.30.